The Bertz CT molecular complexity index is 459. The van der Waals surface area contributed by atoms with Crippen molar-refractivity contribution in [1.82, 2.24) is 10.2 Å². The zero-order chi connectivity index (χ0) is 15.1. The first-order chi connectivity index (χ1) is 10.2. The standard InChI is InChI=1S/C16H23FN2O2/c1-21-15-4-2-3-14(9-15)11-18-16(20)12-19-7-5-13(10-17)6-8-19/h2-4,9,13H,5-8,10-12H2,1H3,(H,18,20). The van der Waals surface area contributed by atoms with Crippen molar-refractivity contribution in [2.24, 2.45) is 5.92 Å². The summed E-state index contributed by atoms with van der Waals surface area (Å²) in [6, 6.07) is 7.64. The number of ether oxygens (including phenoxy) is 1. The van der Waals surface area contributed by atoms with Gasteiger partial charge in [-0.2, -0.15) is 0 Å². The molecule has 4 nitrogen and oxygen atoms in total. The summed E-state index contributed by atoms with van der Waals surface area (Å²) in [6.45, 7) is 2.26. The summed E-state index contributed by atoms with van der Waals surface area (Å²) >= 11 is 0. The van der Waals surface area contributed by atoms with Gasteiger partial charge < -0.3 is 10.1 Å². The molecule has 1 heterocycles. The summed E-state index contributed by atoms with van der Waals surface area (Å²) in [5, 5.41) is 2.91. The van der Waals surface area contributed by atoms with Crippen LogP contribution in [0.5, 0.6) is 5.75 Å². The third-order valence-electron chi connectivity index (χ3n) is 3.92. The zero-order valence-corrected chi connectivity index (χ0v) is 12.5. The van der Waals surface area contributed by atoms with E-state index in [4.69, 9.17) is 4.74 Å². The van der Waals surface area contributed by atoms with Crippen LogP contribution in [0.15, 0.2) is 24.3 Å². The fourth-order valence-electron chi connectivity index (χ4n) is 2.54. The second kappa shape index (κ2) is 7.98. The molecule has 0 aromatic heterocycles. The molecule has 1 aromatic rings. The first-order valence-electron chi connectivity index (χ1n) is 7.39. The average molecular weight is 294 g/mol. The number of amides is 1. The molecule has 21 heavy (non-hydrogen) atoms. The number of rotatable bonds is 6. The lowest BCUT2D eigenvalue weighted by Crippen LogP contribution is -2.41. The summed E-state index contributed by atoms with van der Waals surface area (Å²) in [4.78, 5) is 14.0. The van der Waals surface area contributed by atoms with Crippen LogP contribution < -0.4 is 10.1 Å². The Kier molecular flexibility index (Phi) is 5.99. The molecule has 1 amide bonds. The molecular formula is C16H23FN2O2. The van der Waals surface area contributed by atoms with Gasteiger partial charge in [0.1, 0.15) is 5.75 Å². The van der Waals surface area contributed by atoms with Crippen LogP contribution in [0.4, 0.5) is 4.39 Å². The second-order valence-electron chi connectivity index (χ2n) is 5.50. The Morgan fingerprint density at radius 1 is 1.43 bits per heavy atom. The van der Waals surface area contributed by atoms with Gasteiger partial charge in [0.15, 0.2) is 0 Å². The number of piperidine rings is 1. The van der Waals surface area contributed by atoms with Gasteiger partial charge in [0.2, 0.25) is 5.91 Å². The van der Waals surface area contributed by atoms with Crippen molar-refractivity contribution in [3.05, 3.63) is 29.8 Å². The molecule has 0 saturated carbocycles. The van der Waals surface area contributed by atoms with E-state index in [9.17, 15) is 9.18 Å². The molecule has 0 spiro atoms. The number of alkyl halides is 1. The summed E-state index contributed by atoms with van der Waals surface area (Å²) in [5.74, 6) is 0.979. The van der Waals surface area contributed by atoms with E-state index in [2.05, 4.69) is 10.2 Å². The van der Waals surface area contributed by atoms with Gasteiger partial charge in [-0.05, 0) is 49.5 Å². The number of nitrogens with zero attached hydrogens (tertiary/aromatic N) is 1. The Hall–Kier alpha value is -1.62. The van der Waals surface area contributed by atoms with Gasteiger partial charge in [-0.25, -0.2) is 0 Å². The number of carbonyl (C=O) groups is 1. The minimum atomic E-state index is -0.240. The number of hydrogen-bond acceptors (Lipinski definition) is 3. The van der Waals surface area contributed by atoms with Crippen LogP contribution in [0.1, 0.15) is 18.4 Å². The molecule has 0 radical (unpaired) electrons. The van der Waals surface area contributed by atoms with Crippen molar-refractivity contribution in [2.75, 3.05) is 33.4 Å². The maximum atomic E-state index is 12.5. The lowest BCUT2D eigenvalue weighted by molar-refractivity contribution is -0.122. The summed E-state index contributed by atoms with van der Waals surface area (Å²) in [7, 11) is 1.62. The van der Waals surface area contributed by atoms with Crippen LogP contribution in [0.2, 0.25) is 0 Å². The van der Waals surface area contributed by atoms with E-state index < -0.39 is 0 Å². The van der Waals surface area contributed by atoms with Crippen molar-refractivity contribution in [3.8, 4) is 5.75 Å². The van der Waals surface area contributed by atoms with Gasteiger partial charge in [-0.1, -0.05) is 12.1 Å². The van der Waals surface area contributed by atoms with E-state index in [1.807, 2.05) is 24.3 Å². The maximum absolute atomic E-state index is 12.5. The number of nitrogens with one attached hydrogen (secondary N) is 1. The number of likely N-dealkylation sites (tertiary alicyclic amines) is 1. The topological polar surface area (TPSA) is 41.6 Å². The van der Waals surface area contributed by atoms with Crippen LogP contribution in [0, 0.1) is 5.92 Å². The first kappa shape index (κ1) is 15.8. The van der Waals surface area contributed by atoms with Crippen LogP contribution in [-0.4, -0.2) is 44.2 Å². The molecule has 1 fully saturated rings. The predicted octanol–water partition coefficient (Wildman–Crippen LogP) is 1.99. The molecule has 2 rings (SSSR count). The molecule has 116 valence electrons. The van der Waals surface area contributed by atoms with Crippen molar-refractivity contribution in [2.45, 2.75) is 19.4 Å². The van der Waals surface area contributed by atoms with E-state index in [1.165, 1.54) is 0 Å². The highest BCUT2D eigenvalue weighted by atomic mass is 19.1. The lowest BCUT2D eigenvalue weighted by atomic mass is 9.98. The number of methoxy groups -OCH3 is 1. The number of halogens is 1. The Morgan fingerprint density at radius 2 is 2.19 bits per heavy atom. The normalized spacial score (nSPS) is 16.7. The van der Waals surface area contributed by atoms with E-state index in [0.717, 1.165) is 37.2 Å². The molecule has 1 aliphatic rings. The van der Waals surface area contributed by atoms with Gasteiger partial charge in [-0.3, -0.25) is 14.1 Å². The second-order valence-corrected chi connectivity index (χ2v) is 5.50. The monoisotopic (exact) mass is 294 g/mol. The Balaban J connectivity index is 1.72. The Labute approximate surface area is 125 Å². The Morgan fingerprint density at radius 3 is 2.86 bits per heavy atom. The summed E-state index contributed by atoms with van der Waals surface area (Å²) < 4.78 is 17.7. The van der Waals surface area contributed by atoms with Gasteiger partial charge in [0.25, 0.3) is 0 Å². The third-order valence-corrected chi connectivity index (χ3v) is 3.92. The van der Waals surface area contributed by atoms with E-state index in [-0.39, 0.29) is 18.5 Å². The summed E-state index contributed by atoms with van der Waals surface area (Å²) in [6.07, 6.45) is 1.69. The highest BCUT2D eigenvalue weighted by molar-refractivity contribution is 5.78. The SMILES string of the molecule is COc1cccc(CNC(=O)CN2CCC(CF)CC2)c1. The number of benzene rings is 1. The molecule has 5 heteroatoms. The maximum Gasteiger partial charge on any atom is 0.234 e. The van der Waals surface area contributed by atoms with Crippen LogP contribution in [-0.2, 0) is 11.3 Å². The van der Waals surface area contributed by atoms with Gasteiger partial charge in [0, 0.05) is 6.54 Å². The lowest BCUT2D eigenvalue weighted by Gasteiger charge is -2.30. The molecule has 0 aliphatic carbocycles. The molecule has 1 aromatic carbocycles. The van der Waals surface area contributed by atoms with E-state index in [0.29, 0.717) is 13.1 Å². The third kappa shape index (κ3) is 5.01. The van der Waals surface area contributed by atoms with E-state index >= 15 is 0 Å². The quantitative estimate of drug-likeness (QED) is 0.872. The summed E-state index contributed by atoms with van der Waals surface area (Å²) in [5.41, 5.74) is 1.01. The zero-order valence-electron chi connectivity index (χ0n) is 12.5. The van der Waals surface area contributed by atoms with Gasteiger partial charge >= 0.3 is 0 Å². The van der Waals surface area contributed by atoms with Crippen molar-refractivity contribution >= 4 is 5.91 Å². The van der Waals surface area contributed by atoms with Crippen LogP contribution in [0.3, 0.4) is 0 Å². The van der Waals surface area contributed by atoms with Crippen molar-refractivity contribution in [3.63, 3.8) is 0 Å². The first-order valence-corrected chi connectivity index (χ1v) is 7.39. The van der Waals surface area contributed by atoms with E-state index in [1.54, 1.807) is 7.11 Å². The minimum absolute atomic E-state index is 0.0107. The van der Waals surface area contributed by atoms with Crippen LogP contribution >= 0.6 is 0 Å². The molecule has 1 saturated heterocycles. The molecular weight excluding hydrogens is 271 g/mol. The fourth-order valence-corrected chi connectivity index (χ4v) is 2.54. The fraction of sp³-hybridized carbons (Fsp3) is 0.562. The molecule has 0 bridgehead atoms. The van der Waals surface area contributed by atoms with Crippen molar-refractivity contribution < 1.29 is 13.9 Å². The smallest absolute Gasteiger partial charge is 0.234 e. The number of carbonyl (C=O) groups excluding carboxylic acids is 1. The minimum Gasteiger partial charge on any atom is -0.497 e. The highest BCUT2D eigenvalue weighted by Gasteiger charge is 2.20. The molecule has 1 N–H and O–H groups in total. The molecule has 0 unspecified atom stereocenters. The molecule has 1 aliphatic heterocycles. The van der Waals surface area contributed by atoms with Gasteiger partial charge in [-0.15, -0.1) is 0 Å². The molecule has 0 atom stereocenters. The highest BCUT2D eigenvalue weighted by Crippen LogP contribution is 2.17. The predicted molar refractivity (Wildman–Crippen MR) is 80.0 cm³/mol. The van der Waals surface area contributed by atoms with Crippen molar-refractivity contribution in [1.29, 1.82) is 0 Å². The number of hydrogen-bond donors (Lipinski definition) is 1. The van der Waals surface area contributed by atoms with Crippen LogP contribution in [0.25, 0.3) is 0 Å². The van der Waals surface area contributed by atoms with Gasteiger partial charge in [0.05, 0.1) is 20.3 Å². The largest absolute Gasteiger partial charge is 0.497 e. The average Bonchev–Trinajstić information content (AvgIpc) is 2.54.